The van der Waals surface area contributed by atoms with Crippen LogP contribution in [0.15, 0.2) is 108 Å². The number of nitrogens with zero attached hydrogens (tertiary/aromatic N) is 2. The van der Waals surface area contributed by atoms with Gasteiger partial charge in [-0.05, 0) is 91.6 Å². The number of ether oxygens (including phenoxy) is 1. The van der Waals surface area contributed by atoms with Gasteiger partial charge in [-0.25, -0.2) is 12.8 Å². The number of carbonyl (C=O) groups excluding carboxylic acids is 2. The minimum Gasteiger partial charge on any atom is -0.494 e. The van der Waals surface area contributed by atoms with E-state index >= 15 is 0 Å². The van der Waals surface area contributed by atoms with E-state index in [2.05, 4.69) is 5.32 Å². The third-order valence-electron chi connectivity index (χ3n) is 8.61. The highest BCUT2D eigenvalue weighted by atomic mass is 35.5. The number of rotatable bonds is 14. The molecule has 2 amide bonds. The molecule has 1 atom stereocenters. The Kier molecular flexibility index (Phi) is 12.3. The van der Waals surface area contributed by atoms with Gasteiger partial charge in [0.1, 0.15) is 24.2 Å². The molecule has 0 aliphatic heterocycles. The Morgan fingerprint density at radius 3 is 2.16 bits per heavy atom. The van der Waals surface area contributed by atoms with Crippen molar-refractivity contribution in [3.8, 4) is 5.75 Å². The fraction of sp³-hybridized carbons (Fsp3) is 0.316. The molecule has 0 heterocycles. The van der Waals surface area contributed by atoms with Gasteiger partial charge in [0.15, 0.2) is 0 Å². The lowest BCUT2D eigenvalue weighted by Crippen LogP contribution is -2.55. The number of hydrogen-bond donors (Lipinski definition) is 1. The molecule has 49 heavy (non-hydrogen) atoms. The van der Waals surface area contributed by atoms with Gasteiger partial charge in [0.05, 0.1) is 17.2 Å². The predicted molar refractivity (Wildman–Crippen MR) is 189 cm³/mol. The van der Waals surface area contributed by atoms with Gasteiger partial charge in [0.2, 0.25) is 11.8 Å². The van der Waals surface area contributed by atoms with Crippen LogP contribution in [0.2, 0.25) is 5.02 Å². The van der Waals surface area contributed by atoms with Crippen molar-refractivity contribution in [3.05, 3.63) is 125 Å². The van der Waals surface area contributed by atoms with Crippen molar-refractivity contribution < 1.29 is 27.1 Å². The van der Waals surface area contributed by atoms with Crippen LogP contribution in [0.3, 0.4) is 0 Å². The van der Waals surface area contributed by atoms with Crippen molar-refractivity contribution in [2.75, 3.05) is 17.5 Å². The fourth-order valence-electron chi connectivity index (χ4n) is 6.02. The summed E-state index contributed by atoms with van der Waals surface area (Å²) in [6.07, 6.45) is 5.01. The van der Waals surface area contributed by atoms with Crippen LogP contribution in [0.25, 0.3) is 0 Å². The second-order valence-electron chi connectivity index (χ2n) is 12.1. The number of halogens is 2. The van der Waals surface area contributed by atoms with E-state index in [1.54, 1.807) is 36.4 Å². The summed E-state index contributed by atoms with van der Waals surface area (Å²) < 4.78 is 49.0. The van der Waals surface area contributed by atoms with Crippen molar-refractivity contribution in [1.82, 2.24) is 10.2 Å². The van der Waals surface area contributed by atoms with E-state index in [4.69, 9.17) is 16.3 Å². The Balaban J connectivity index is 1.56. The summed E-state index contributed by atoms with van der Waals surface area (Å²) in [4.78, 5) is 30.2. The lowest BCUT2D eigenvalue weighted by Gasteiger charge is -2.35. The number of benzene rings is 4. The van der Waals surface area contributed by atoms with E-state index in [0.717, 1.165) is 42.0 Å². The maximum absolute atomic E-state index is 14.6. The van der Waals surface area contributed by atoms with Gasteiger partial charge in [-0.2, -0.15) is 0 Å². The van der Waals surface area contributed by atoms with Gasteiger partial charge in [-0.1, -0.05) is 73.3 Å². The molecule has 0 spiro atoms. The van der Waals surface area contributed by atoms with Gasteiger partial charge in [-0.3, -0.25) is 13.9 Å². The van der Waals surface area contributed by atoms with Crippen LogP contribution in [0, 0.1) is 5.82 Å². The first-order chi connectivity index (χ1) is 23.6. The van der Waals surface area contributed by atoms with Crippen molar-refractivity contribution in [2.45, 2.75) is 69.0 Å². The van der Waals surface area contributed by atoms with Crippen molar-refractivity contribution in [2.24, 2.45) is 0 Å². The Morgan fingerprint density at radius 2 is 1.53 bits per heavy atom. The summed E-state index contributed by atoms with van der Waals surface area (Å²) in [5.41, 5.74) is 1.66. The van der Waals surface area contributed by atoms with E-state index in [0.29, 0.717) is 22.9 Å². The van der Waals surface area contributed by atoms with E-state index in [1.165, 1.54) is 41.3 Å². The second-order valence-corrected chi connectivity index (χ2v) is 14.4. The predicted octanol–water partition coefficient (Wildman–Crippen LogP) is 7.16. The second kappa shape index (κ2) is 16.8. The minimum absolute atomic E-state index is 0.0204. The van der Waals surface area contributed by atoms with Crippen LogP contribution >= 0.6 is 11.6 Å². The number of hydrogen-bond acceptors (Lipinski definition) is 5. The lowest BCUT2D eigenvalue weighted by atomic mass is 9.94. The summed E-state index contributed by atoms with van der Waals surface area (Å²) >= 11 is 6.07. The van der Waals surface area contributed by atoms with Crippen LogP contribution in [0.5, 0.6) is 5.75 Å². The average Bonchev–Trinajstić information content (AvgIpc) is 3.11. The number of sulfonamides is 1. The van der Waals surface area contributed by atoms with Crippen molar-refractivity contribution in [3.63, 3.8) is 0 Å². The van der Waals surface area contributed by atoms with Crippen molar-refractivity contribution >= 4 is 39.1 Å². The van der Waals surface area contributed by atoms with E-state index in [-0.39, 0.29) is 35.5 Å². The van der Waals surface area contributed by atoms with Crippen LogP contribution in [0.1, 0.15) is 50.2 Å². The monoisotopic (exact) mass is 705 g/mol. The molecule has 258 valence electrons. The van der Waals surface area contributed by atoms with Crippen LogP contribution in [-0.2, 0) is 32.6 Å². The zero-order chi connectivity index (χ0) is 34.8. The number of amides is 2. The zero-order valence-corrected chi connectivity index (χ0v) is 29.0. The normalized spacial score (nSPS) is 14.1. The molecule has 5 rings (SSSR count). The van der Waals surface area contributed by atoms with Crippen LogP contribution in [0.4, 0.5) is 10.1 Å². The molecule has 1 fully saturated rings. The van der Waals surface area contributed by atoms with E-state index < -0.39 is 34.3 Å². The Labute approximate surface area is 292 Å². The third kappa shape index (κ3) is 9.61. The molecular formula is C38H41ClFN3O5S. The largest absolute Gasteiger partial charge is 0.494 e. The quantitative estimate of drug-likeness (QED) is 0.150. The highest BCUT2D eigenvalue weighted by Gasteiger charge is 2.35. The summed E-state index contributed by atoms with van der Waals surface area (Å²) in [7, 11) is -4.29. The first-order valence-corrected chi connectivity index (χ1v) is 18.3. The minimum atomic E-state index is -4.29. The van der Waals surface area contributed by atoms with E-state index in [9.17, 15) is 22.4 Å². The smallest absolute Gasteiger partial charge is 0.264 e. The molecule has 0 radical (unpaired) electrons. The zero-order valence-electron chi connectivity index (χ0n) is 27.4. The number of carbonyl (C=O) groups is 2. The molecule has 1 unspecified atom stereocenters. The average molecular weight is 706 g/mol. The maximum atomic E-state index is 14.6. The Bertz CT molecular complexity index is 1780. The third-order valence-corrected chi connectivity index (χ3v) is 10.6. The van der Waals surface area contributed by atoms with Gasteiger partial charge in [-0.15, -0.1) is 0 Å². The molecule has 1 aliphatic rings. The maximum Gasteiger partial charge on any atom is 0.264 e. The molecule has 8 nitrogen and oxygen atoms in total. The number of nitrogens with one attached hydrogen (secondary N) is 1. The highest BCUT2D eigenvalue weighted by molar-refractivity contribution is 7.92. The van der Waals surface area contributed by atoms with Gasteiger partial charge in [0, 0.05) is 24.0 Å². The van der Waals surface area contributed by atoms with E-state index in [1.807, 2.05) is 37.3 Å². The highest BCUT2D eigenvalue weighted by Crippen LogP contribution is 2.28. The van der Waals surface area contributed by atoms with Gasteiger partial charge in [0.25, 0.3) is 10.0 Å². The molecule has 11 heteroatoms. The lowest BCUT2D eigenvalue weighted by molar-refractivity contribution is -0.140. The number of anilines is 1. The first-order valence-electron chi connectivity index (χ1n) is 16.5. The summed E-state index contributed by atoms with van der Waals surface area (Å²) in [6, 6.07) is 26.2. The molecule has 1 aliphatic carbocycles. The summed E-state index contributed by atoms with van der Waals surface area (Å²) in [6.45, 7) is 1.61. The van der Waals surface area contributed by atoms with Gasteiger partial charge < -0.3 is 15.0 Å². The summed E-state index contributed by atoms with van der Waals surface area (Å²) in [5, 5.41) is 3.54. The van der Waals surface area contributed by atoms with Crippen LogP contribution < -0.4 is 14.4 Å². The molecular weight excluding hydrogens is 665 g/mol. The molecule has 0 saturated heterocycles. The van der Waals surface area contributed by atoms with Crippen molar-refractivity contribution in [1.29, 1.82) is 0 Å². The van der Waals surface area contributed by atoms with Gasteiger partial charge >= 0.3 is 0 Å². The summed E-state index contributed by atoms with van der Waals surface area (Å²) in [5.74, 6) is -0.815. The molecule has 4 aromatic rings. The standard InChI is InChI=1S/C38H41ClFN3O5S/c1-2-48-34-21-19-33(20-22-34)43(49(46,47)35-23-15-30(39)16-24-35)27-37(44)42(26-29-13-17-31(40)18-14-29)36(25-28-9-5-3-6-10-28)38(45)41-32-11-7-4-8-12-32/h3,5-6,9-10,13-24,32,36H,2,4,7-8,11-12,25-27H2,1H3,(H,41,45). The Morgan fingerprint density at radius 1 is 0.878 bits per heavy atom. The van der Waals surface area contributed by atoms with Crippen LogP contribution in [-0.4, -0.2) is 50.4 Å². The Hall–Kier alpha value is -4.41. The molecule has 0 bridgehead atoms. The SMILES string of the molecule is CCOc1ccc(N(CC(=O)N(Cc2ccc(F)cc2)C(Cc2ccccc2)C(=O)NC2CCCCC2)S(=O)(=O)c2ccc(Cl)cc2)cc1. The molecule has 4 aromatic carbocycles. The molecule has 1 saturated carbocycles. The first kappa shape index (κ1) is 35.9. The molecule has 0 aromatic heterocycles. The topological polar surface area (TPSA) is 96.0 Å². The fourth-order valence-corrected chi connectivity index (χ4v) is 7.56. The molecule has 1 N–H and O–H groups in total.